The molecule has 0 spiro atoms. The molecule has 9 heavy (non-hydrogen) atoms. The summed E-state index contributed by atoms with van der Waals surface area (Å²) in [7, 11) is 0. The molecule has 0 aromatic heterocycles. The number of hydrogen-bond donors (Lipinski definition) is 0. The lowest BCUT2D eigenvalue weighted by Gasteiger charge is -2.04. The molecule has 4 heteroatoms. The Balaban J connectivity index is 3.14. The lowest BCUT2D eigenvalue weighted by atomic mass is 9.89. The lowest BCUT2D eigenvalue weighted by Crippen LogP contribution is -2.41. The highest BCUT2D eigenvalue weighted by atomic mass is 16.2. The Morgan fingerprint density at radius 3 is 1.56 bits per heavy atom. The molecule has 0 saturated heterocycles. The zero-order valence-electron chi connectivity index (χ0n) is 4.13. The van der Waals surface area contributed by atoms with Gasteiger partial charge in [0.15, 0.2) is 5.57 Å². The third-order valence-corrected chi connectivity index (χ3v) is 0.969. The first-order valence-corrected chi connectivity index (χ1v) is 2.07. The number of allylic oxidation sites excluding steroid dienone is 1. The van der Waals surface area contributed by atoms with Crippen LogP contribution in [0.15, 0.2) is 5.57 Å². The molecule has 0 amide bonds. The fourth-order valence-corrected chi connectivity index (χ4v) is 0.463. The Morgan fingerprint density at radius 1 is 0.889 bits per heavy atom. The molecule has 1 fully saturated rings. The molecule has 44 valence electrons. The molecule has 0 radical (unpaired) electrons. The number of hydrogen-bond acceptors (Lipinski definition) is 4. The van der Waals surface area contributed by atoms with E-state index in [2.05, 4.69) is 0 Å². The number of carbonyl (C=O) groups is 3. The second-order valence-electron chi connectivity index (χ2n) is 1.46. The summed E-state index contributed by atoms with van der Waals surface area (Å²) in [5.74, 6) is -2.08. The van der Waals surface area contributed by atoms with E-state index in [1.54, 1.807) is 0 Å². The van der Waals surface area contributed by atoms with Gasteiger partial charge in [-0.1, -0.05) is 0 Å². The first-order valence-electron chi connectivity index (χ1n) is 2.07. The maximum Gasteiger partial charge on any atom is 0.275 e. The van der Waals surface area contributed by atoms with Crippen LogP contribution in [0.1, 0.15) is 0 Å². The van der Waals surface area contributed by atoms with Gasteiger partial charge in [0.05, 0.1) is 0 Å². The van der Waals surface area contributed by atoms with Crippen LogP contribution < -0.4 is 0 Å². The number of ketones is 3. The molecular weight excluding hydrogens is 124 g/mol. The maximum absolute atomic E-state index is 10.1. The second kappa shape index (κ2) is 1.47. The van der Waals surface area contributed by atoms with E-state index in [1.165, 1.54) is 0 Å². The smallest absolute Gasteiger partial charge is 0.275 e. The van der Waals surface area contributed by atoms with Crippen LogP contribution >= 0.6 is 0 Å². The van der Waals surface area contributed by atoms with Crippen molar-refractivity contribution in [2.75, 3.05) is 0 Å². The van der Waals surface area contributed by atoms with Crippen molar-refractivity contribution in [2.45, 2.75) is 0 Å². The number of rotatable bonds is 0. The first-order chi connectivity index (χ1) is 4.18. The van der Waals surface area contributed by atoms with Crippen molar-refractivity contribution in [3.63, 3.8) is 0 Å². The Kier molecular flexibility index (Phi) is 0.911. The average Bonchev–Trinajstić information content (AvgIpc) is 1.89. The third-order valence-electron chi connectivity index (χ3n) is 0.969. The van der Waals surface area contributed by atoms with E-state index in [0.717, 1.165) is 5.94 Å². The quantitative estimate of drug-likeness (QED) is 0.170. The second-order valence-corrected chi connectivity index (χ2v) is 1.46. The van der Waals surface area contributed by atoms with Gasteiger partial charge in [-0.15, -0.1) is 0 Å². The molecule has 4 nitrogen and oxygen atoms in total. The van der Waals surface area contributed by atoms with Crippen molar-refractivity contribution in [1.29, 1.82) is 0 Å². The molecule has 1 rings (SSSR count). The van der Waals surface area contributed by atoms with Crippen molar-refractivity contribution in [1.82, 2.24) is 0 Å². The highest BCUT2D eigenvalue weighted by Gasteiger charge is 2.44. The Labute approximate surface area is 49.1 Å². The fourth-order valence-electron chi connectivity index (χ4n) is 0.463. The van der Waals surface area contributed by atoms with Crippen LogP contribution in [0.4, 0.5) is 0 Å². The molecular formula is C5O4. The summed E-state index contributed by atoms with van der Waals surface area (Å²) in [6, 6.07) is 0. The van der Waals surface area contributed by atoms with E-state index in [4.69, 9.17) is 0 Å². The van der Waals surface area contributed by atoms with Crippen LogP contribution in [0.3, 0.4) is 0 Å². The summed E-state index contributed by atoms with van der Waals surface area (Å²) in [4.78, 5) is 39.9. The molecule has 0 aromatic rings. The first kappa shape index (κ1) is 5.59. The SMILES string of the molecule is O=C=C1C(=O)C(=O)C1=O. The maximum atomic E-state index is 10.1. The standard InChI is InChI=1S/C5O4/c6-1-2-3(7)5(9)4(2)8. The van der Waals surface area contributed by atoms with Crippen LogP contribution in [-0.2, 0) is 19.2 Å². The van der Waals surface area contributed by atoms with E-state index in [9.17, 15) is 19.2 Å². The van der Waals surface area contributed by atoms with Crippen LogP contribution in [-0.4, -0.2) is 23.3 Å². The normalized spacial score (nSPS) is 17.3. The largest absolute Gasteiger partial charge is 0.284 e. The van der Waals surface area contributed by atoms with Crippen molar-refractivity contribution in [3.05, 3.63) is 5.57 Å². The topological polar surface area (TPSA) is 68.3 Å². The Hall–Kier alpha value is -1.54. The molecule has 1 aliphatic carbocycles. The minimum absolute atomic E-state index is 0.653. The zero-order chi connectivity index (χ0) is 7.02. The Bertz CT molecular complexity index is 247. The molecule has 1 aliphatic rings. The van der Waals surface area contributed by atoms with E-state index < -0.39 is 22.9 Å². The minimum Gasteiger partial charge on any atom is -0.284 e. The van der Waals surface area contributed by atoms with Crippen LogP contribution in [0, 0.1) is 0 Å². The molecule has 0 heterocycles. The van der Waals surface area contributed by atoms with Crippen LogP contribution in [0.5, 0.6) is 0 Å². The summed E-state index contributed by atoms with van der Waals surface area (Å²) in [6.07, 6.45) is 0. The van der Waals surface area contributed by atoms with Gasteiger partial charge in [0, 0.05) is 0 Å². The highest BCUT2D eigenvalue weighted by Crippen LogP contribution is 2.08. The van der Waals surface area contributed by atoms with E-state index in [0.29, 0.717) is 0 Å². The van der Waals surface area contributed by atoms with Gasteiger partial charge in [0.25, 0.3) is 17.3 Å². The third kappa shape index (κ3) is 0.474. The zero-order valence-corrected chi connectivity index (χ0v) is 4.13. The van der Waals surface area contributed by atoms with E-state index in [-0.39, 0.29) is 0 Å². The molecule has 1 saturated carbocycles. The molecule has 0 aliphatic heterocycles. The van der Waals surface area contributed by atoms with Crippen molar-refractivity contribution in [3.8, 4) is 0 Å². The minimum atomic E-state index is -1.12. The van der Waals surface area contributed by atoms with Gasteiger partial charge >= 0.3 is 0 Å². The van der Waals surface area contributed by atoms with E-state index in [1.807, 2.05) is 0 Å². The average molecular weight is 124 g/mol. The summed E-state index contributed by atoms with van der Waals surface area (Å²) >= 11 is 0. The van der Waals surface area contributed by atoms with Gasteiger partial charge in [-0.05, 0) is 0 Å². The highest BCUT2D eigenvalue weighted by molar-refractivity contribution is 6.86. The van der Waals surface area contributed by atoms with Crippen LogP contribution in [0.25, 0.3) is 0 Å². The van der Waals surface area contributed by atoms with Gasteiger partial charge in [0.1, 0.15) is 5.94 Å². The van der Waals surface area contributed by atoms with Gasteiger partial charge in [-0.3, -0.25) is 14.4 Å². The van der Waals surface area contributed by atoms with Gasteiger partial charge in [-0.2, -0.15) is 0 Å². The van der Waals surface area contributed by atoms with Crippen molar-refractivity contribution < 1.29 is 19.2 Å². The predicted molar refractivity (Wildman–Crippen MR) is 24.2 cm³/mol. The monoisotopic (exact) mass is 124 g/mol. The van der Waals surface area contributed by atoms with Gasteiger partial charge < -0.3 is 0 Å². The van der Waals surface area contributed by atoms with E-state index >= 15 is 0 Å². The number of Topliss-reactive ketones (excluding diaryl/α,β-unsaturated/α-hetero) is 3. The van der Waals surface area contributed by atoms with Crippen LogP contribution in [0.2, 0.25) is 0 Å². The molecule has 0 aromatic carbocycles. The summed E-state index contributed by atoms with van der Waals surface area (Å²) in [5, 5.41) is 0. The fraction of sp³-hybridized carbons (Fsp3) is 0. The summed E-state index contributed by atoms with van der Waals surface area (Å²) in [6.45, 7) is 0. The molecule has 0 atom stereocenters. The van der Waals surface area contributed by atoms with Crippen molar-refractivity contribution in [2.24, 2.45) is 0 Å². The summed E-state index contributed by atoms with van der Waals surface area (Å²) < 4.78 is 0. The lowest BCUT2D eigenvalue weighted by molar-refractivity contribution is -0.146. The molecule has 0 N–H and O–H groups in total. The van der Waals surface area contributed by atoms with Crippen molar-refractivity contribution >= 4 is 23.3 Å². The van der Waals surface area contributed by atoms with Gasteiger partial charge in [0.2, 0.25) is 0 Å². The molecule has 0 unspecified atom stereocenters. The van der Waals surface area contributed by atoms with Gasteiger partial charge in [-0.25, -0.2) is 4.79 Å². The number of carbonyl (C=O) groups excluding carboxylic acids is 4. The Morgan fingerprint density at radius 2 is 1.33 bits per heavy atom. The summed E-state index contributed by atoms with van der Waals surface area (Å²) in [5.41, 5.74) is -0.653. The molecule has 0 bridgehead atoms. The predicted octanol–water partition coefficient (Wildman–Crippen LogP) is -1.53.